The van der Waals surface area contributed by atoms with Crippen LogP contribution in [0, 0.1) is 11.7 Å². The van der Waals surface area contributed by atoms with E-state index in [0.29, 0.717) is 22.6 Å². The van der Waals surface area contributed by atoms with Gasteiger partial charge in [-0.15, -0.1) is 0 Å². The molecular weight excluding hydrogens is 335 g/mol. The van der Waals surface area contributed by atoms with E-state index >= 15 is 0 Å². The Morgan fingerprint density at radius 1 is 1.35 bits per heavy atom. The van der Waals surface area contributed by atoms with E-state index in [-0.39, 0.29) is 17.3 Å². The maximum Gasteiger partial charge on any atom is 0.227 e. The van der Waals surface area contributed by atoms with Gasteiger partial charge < -0.3 is 10.1 Å². The molecule has 0 unspecified atom stereocenters. The highest BCUT2D eigenvalue weighted by Crippen LogP contribution is 2.31. The van der Waals surface area contributed by atoms with Gasteiger partial charge in [-0.25, -0.2) is 9.37 Å². The molecule has 3 aromatic rings. The van der Waals surface area contributed by atoms with Crippen molar-refractivity contribution in [1.29, 1.82) is 0 Å². The number of methoxy groups -OCH3 is 1. The Morgan fingerprint density at radius 2 is 2.19 bits per heavy atom. The number of aromatic nitrogens is 3. The highest BCUT2D eigenvalue weighted by molar-refractivity contribution is 5.98. The lowest BCUT2D eigenvalue weighted by Gasteiger charge is -2.05. The van der Waals surface area contributed by atoms with Crippen LogP contribution in [0.15, 0.2) is 30.5 Å². The van der Waals surface area contributed by atoms with Gasteiger partial charge in [-0.2, -0.15) is 5.10 Å². The Hall–Kier alpha value is -3.22. The van der Waals surface area contributed by atoms with Crippen molar-refractivity contribution in [1.82, 2.24) is 15.2 Å². The second kappa shape index (κ2) is 6.59. The van der Waals surface area contributed by atoms with E-state index in [1.807, 2.05) is 12.1 Å². The third-order valence-corrected chi connectivity index (χ3v) is 4.27. The topological polar surface area (TPSA) is 79.9 Å². The summed E-state index contributed by atoms with van der Waals surface area (Å²) in [6.07, 6.45) is 7.10. The predicted octanol–water partition coefficient (Wildman–Crippen LogP) is 3.62. The van der Waals surface area contributed by atoms with Crippen LogP contribution in [-0.4, -0.2) is 28.2 Å². The summed E-state index contributed by atoms with van der Waals surface area (Å²) in [4.78, 5) is 16.1. The first kappa shape index (κ1) is 16.3. The number of carbonyl (C=O) groups excluding carboxylic acids is 1. The summed E-state index contributed by atoms with van der Waals surface area (Å²) in [7, 11) is 1.56. The Labute approximate surface area is 149 Å². The summed E-state index contributed by atoms with van der Waals surface area (Å²) < 4.78 is 19.3. The van der Waals surface area contributed by atoms with Crippen molar-refractivity contribution in [3.63, 3.8) is 0 Å². The average molecular weight is 352 g/mol. The number of hydrogen-bond donors (Lipinski definition) is 2. The Balaban J connectivity index is 1.62. The fraction of sp³-hybridized carbons (Fsp3) is 0.211. The van der Waals surface area contributed by atoms with E-state index in [4.69, 9.17) is 4.74 Å². The molecule has 2 N–H and O–H groups in total. The summed E-state index contributed by atoms with van der Waals surface area (Å²) >= 11 is 0. The third-order valence-electron chi connectivity index (χ3n) is 4.27. The van der Waals surface area contributed by atoms with Crippen molar-refractivity contribution >= 4 is 34.6 Å². The van der Waals surface area contributed by atoms with Crippen LogP contribution in [-0.2, 0) is 4.79 Å². The molecule has 0 bridgehead atoms. The van der Waals surface area contributed by atoms with Crippen molar-refractivity contribution in [2.75, 3.05) is 12.4 Å². The molecule has 132 valence electrons. The monoisotopic (exact) mass is 352 g/mol. The molecule has 0 spiro atoms. The minimum atomic E-state index is -0.476. The number of benzene rings is 1. The molecule has 1 amide bonds. The molecule has 1 aromatic carbocycles. The molecule has 0 aliphatic heterocycles. The van der Waals surface area contributed by atoms with E-state index in [9.17, 15) is 9.18 Å². The van der Waals surface area contributed by atoms with E-state index in [1.165, 1.54) is 6.07 Å². The largest absolute Gasteiger partial charge is 0.481 e. The van der Waals surface area contributed by atoms with Gasteiger partial charge in [0.15, 0.2) is 5.82 Å². The molecule has 1 aliphatic rings. The van der Waals surface area contributed by atoms with Crippen molar-refractivity contribution in [2.24, 2.45) is 5.92 Å². The number of halogens is 1. The lowest BCUT2D eigenvalue weighted by Crippen LogP contribution is -2.13. The minimum absolute atomic E-state index is 0.0556. The summed E-state index contributed by atoms with van der Waals surface area (Å²) in [6.45, 7) is 0. The van der Waals surface area contributed by atoms with Crippen LogP contribution in [0.2, 0.25) is 0 Å². The van der Waals surface area contributed by atoms with Gasteiger partial charge in [0.2, 0.25) is 11.8 Å². The van der Waals surface area contributed by atoms with Crippen molar-refractivity contribution in [3.8, 4) is 5.88 Å². The number of carbonyl (C=O) groups is 1. The van der Waals surface area contributed by atoms with E-state index in [2.05, 4.69) is 20.5 Å². The van der Waals surface area contributed by atoms with Gasteiger partial charge in [-0.1, -0.05) is 6.08 Å². The first-order chi connectivity index (χ1) is 12.6. The minimum Gasteiger partial charge on any atom is -0.481 e. The van der Waals surface area contributed by atoms with Crippen LogP contribution in [0.4, 0.5) is 10.1 Å². The summed E-state index contributed by atoms with van der Waals surface area (Å²) in [5.74, 6) is 0.0524. The Bertz CT molecular complexity index is 991. The molecular formula is C19H17FN4O2. The fourth-order valence-corrected chi connectivity index (χ4v) is 2.67. The fourth-order valence-electron chi connectivity index (χ4n) is 2.67. The van der Waals surface area contributed by atoms with Crippen molar-refractivity contribution in [2.45, 2.75) is 12.8 Å². The third kappa shape index (κ3) is 3.28. The van der Waals surface area contributed by atoms with Crippen molar-refractivity contribution < 1.29 is 13.9 Å². The molecule has 7 heteroatoms. The average Bonchev–Trinajstić information content (AvgIpc) is 3.42. The van der Waals surface area contributed by atoms with Gasteiger partial charge in [0.25, 0.3) is 0 Å². The molecule has 0 radical (unpaired) electrons. The van der Waals surface area contributed by atoms with Crippen LogP contribution >= 0.6 is 0 Å². The Kier molecular flexibility index (Phi) is 4.12. The second-order valence-corrected chi connectivity index (χ2v) is 6.22. The van der Waals surface area contributed by atoms with Crippen molar-refractivity contribution in [3.05, 3.63) is 47.5 Å². The molecule has 1 fully saturated rings. The number of H-pyrrole nitrogens is 1. The van der Waals surface area contributed by atoms with Gasteiger partial charge in [0.05, 0.1) is 12.8 Å². The highest BCUT2D eigenvalue weighted by Gasteiger charge is 2.29. The highest BCUT2D eigenvalue weighted by atomic mass is 19.1. The zero-order chi connectivity index (χ0) is 18.1. The molecule has 2 heterocycles. The van der Waals surface area contributed by atoms with E-state index in [0.717, 1.165) is 18.4 Å². The van der Waals surface area contributed by atoms with Crippen LogP contribution in [0.25, 0.3) is 23.1 Å². The molecule has 0 saturated heterocycles. The summed E-state index contributed by atoms with van der Waals surface area (Å²) in [5.41, 5.74) is 2.19. The summed E-state index contributed by atoms with van der Waals surface area (Å²) in [6, 6.07) is 6.65. The number of fused-ring (bicyclic) bond motifs is 1. The second-order valence-electron chi connectivity index (χ2n) is 6.22. The number of aromatic amines is 1. The molecule has 0 atom stereocenters. The smallest absolute Gasteiger partial charge is 0.227 e. The Morgan fingerprint density at radius 3 is 2.88 bits per heavy atom. The van der Waals surface area contributed by atoms with Crippen LogP contribution in [0.3, 0.4) is 0 Å². The van der Waals surface area contributed by atoms with Gasteiger partial charge >= 0.3 is 0 Å². The first-order valence-electron chi connectivity index (χ1n) is 8.30. The molecule has 2 aromatic heterocycles. The lowest BCUT2D eigenvalue weighted by atomic mass is 10.1. The van der Waals surface area contributed by atoms with Gasteiger partial charge in [-0.05, 0) is 42.7 Å². The summed E-state index contributed by atoms with van der Waals surface area (Å²) in [5, 5.41) is 10.2. The molecule has 1 saturated carbocycles. The van der Waals surface area contributed by atoms with E-state index < -0.39 is 5.82 Å². The molecule has 26 heavy (non-hydrogen) atoms. The molecule has 6 nitrogen and oxygen atoms in total. The number of amides is 1. The van der Waals surface area contributed by atoms with Gasteiger partial charge in [0, 0.05) is 29.3 Å². The number of pyridine rings is 1. The lowest BCUT2D eigenvalue weighted by molar-refractivity contribution is -0.117. The number of rotatable bonds is 5. The number of anilines is 1. The SMILES string of the molecule is COc1ccc(/C=C/c2[nH]nc3c(F)cc(NC(=O)C4CC4)cc23)cn1. The maximum absolute atomic E-state index is 14.3. The van der Waals surface area contributed by atoms with Gasteiger partial charge in [0.1, 0.15) is 5.52 Å². The van der Waals surface area contributed by atoms with Crippen LogP contribution in [0.1, 0.15) is 24.1 Å². The number of nitrogens with one attached hydrogen (secondary N) is 2. The standard InChI is InChI=1S/C19H17FN4O2/c1-26-17-7-3-11(10-21-17)2-6-16-14-8-13(22-19(25)12-4-5-12)9-15(20)18(14)24-23-16/h2-3,6-10,12H,4-5H2,1H3,(H,22,25)(H,23,24)/b6-2+. The quantitative estimate of drug-likeness (QED) is 0.735. The molecule has 1 aliphatic carbocycles. The zero-order valence-electron chi connectivity index (χ0n) is 14.1. The number of ether oxygens (including phenoxy) is 1. The maximum atomic E-state index is 14.3. The van der Waals surface area contributed by atoms with E-state index in [1.54, 1.807) is 31.5 Å². The number of hydrogen-bond acceptors (Lipinski definition) is 4. The molecule has 4 rings (SSSR count). The number of nitrogens with zero attached hydrogens (tertiary/aromatic N) is 2. The first-order valence-corrected chi connectivity index (χ1v) is 8.30. The van der Waals surface area contributed by atoms with Gasteiger partial charge in [-0.3, -0.25) is 9.89 Å². The van der Waals surface area contributed by atoms with Crippen LogP contribution < -0.4 is 10.1 Å². The normalized spacial score (nSPS) is 14.1. The van der Waals surface area contributed by atoms with Crippen LogP contribution in [0.5, 0.6) is 5.88 Å². The predicted molar refractivity (Wildman–Crippen MR) is 97.1 cm³/mol. The zero-order valence-corrected chi connectivity index (χ0v) is 14.1.